The summed E-state index contributed by atoms with van der Waals surface area (Å²) in [4.78, 5) is 17.7. The molecule has 0 spiro atoms. The van der Waals surface area contributed by atoms with Crippen molar-refractivity contribution in [3.05, 3.63) is 61.8 Å². The second kappa shape index (κ2) is 9.58. The first-order chi connectivity index (χ1) is 15.7. The molecule has 0 bridgehead atoms. The van der Waals surface area contributed by atoms with Crippen molar-refractivity contribution < 1.29 is 9.53 Å². The fourth-order valence-corrected chi connectivity index (χ4v) is 5.44. The molecule has 2 aromatic carbocycles. The van der Waals surface area contributed by atoms with Crippen LogP contribution in [0.5, 0.6) is 5.75 Å². The summed E-state index contributed by atoms with van der Waals surface area (Å²) >= 11 is 3.93. The number of anilines is 1. The molecular formula is C24H23IN4O2S. The van der Waals surface area contributed by atoms with E-state index in [1.165, 1.54) is 19.3 Å². The molecule has 1 amide bonds. The fraction of sp³-hybridized carbons (Fsp3) is 0.292. The number of aromatic nitrogens is 1. The number of hydrogen-bond donors (Lipinski definition) is 1. The number of ether oxygens (including phenoxy) is 1. The number of carbonyl (C=O) groups is 1. The fourth-order valence-electron chi connectivity index (χ4n) is 4.01. The van der Waals surface area contributed by atoms with Crippen LogP contribution in [0.25, 0.3) is 11.3 Å². The van der Waals surface area contributed by atoms with Crippen LogP contribution in [0.2, 0.25) is 0 Å². The Hall–Kier alpha value is -2.46. The molecule has 2 aliphatic rings. The Kier molecular flexibility index (Phi) is 6.40. The Labute approximate surface area is 204 Å². The number of carbonyl (C=O) groups excluding carboxylic acids is 1. The third-order valence-electron chi connectivity index (χ3n) is 5.68. The summed E-state index contributed by atoms with van der Waals surface area (Å²) in [6.07, 6.45) is 7.94. The summed E-state index contributed by atoms with van der Waals surface area (Å²) < 4.78 is 8.59. The molecule has 5 rings (SSSR count). The highest BCUT2D eigenvalue weighted by Gasteiger charge is 2.18. The van der Waals surface area contributed by atoms with Gasteiger partial charge in [0.15, 0.2) is 6.61 Å². The van der Waals surface area contributed by atoms with E-state index in [0.717, 1.165) is 38.0 Å². The van der Waals surface area contributed by atoms with Gasteiger partial charge in [-0.1, -0.05) is 37.5 Å². The lowest BCUT2D eigenvalue weighted by Gasteiger charge is -2.18. The largest absolute Gasteiger partial charge is 0.482 e. The van der Waals surface area contributed by atoms with Crippen LogP contribution in [0.1, 0.15) is 37.7 Å². The van der Waals surface area contributed by atoms with Crippen LogP contribution in [0.3, 0.4) is 0 Å². The number of thiazole rings is 1. The number of benzene rings is 2. The first kappa shape index (κ1) is 21.4. The SMILES string of the molecule is O=C1COc2ccc(-c3csc(=NC4CCCCC4)n3N=Cc3ccccc3I)cc2N1. The third-order valence-corrected chi connectivity index (χ3v) is 7.49. The maximum absolute atomic E-state index is 11.8. The lowest BCUT2D eigenvalue weighted by molar-refractivity contribution is -0.118. The Morgan fingerprint density at radius 1 is 1.16 bits per heavy atom. The molecular weight excluding hydrogens is 535 g/mol. The van der Waals surface area contributed by atoms with Crippen LogP contribution in [-0.4, -0.2) is 29.4 Å². The van der Waals surface area contributed by atoms with Crippen molar-refractivity contribution in [3.63, 3.8) is 0 Å². The maximum Gasteiger partial charge on any atom is 0.262 e. The minimum absolute atomic E-state index is 0.0508. The number of rotatable bonds is 4. The first-order valence-electron chi connectivity index (χ1n) is 10.8. The van der Waals surface area contributed by atoms with E-state index in [0.29, 0.717) is 17.5 Å². The van der Waals surface area contributed by atoms with E-state index in [1.54, 1.807) is 11.3 Å². The monoisotopic (exact) mass is 558 g/mol. The van der Waals surface area contributed by atoms with E-state index in [2.05, 4.69) is 45.4 Å². The van der Waals surface area contributed by atoms with Gasteiger partial charge in [-0.3, -0.25) is 9.79 Å². The van der Waals surface area contributed by atoms with Crippen molar-refractivity contribution in [2.24, 2.45) is 10.1 Å². The molecule has 1 fully saturated rings. The molecule has 0 radical (unpaired) electrons. The zero-order valence-corrected chi connectivity index (χ0v) is 20.4. The molecule has 1 saturated carbocycles. The standard InChI is InChI=1S/C24H23IN4O2S/c25-19-9-5-4-6-17(19)13-26-29-21(15-32-24(29)27-18-7-2-1-3-8-18)16-10-11-22-20(12-16)28-23(30)14-31-22/h4-6,9-13,15,18H,1-3,7-8,14H2,(H,28,30). The quantitative estimate of drug-likeness (QED) is 0.351. The molecule has 1 N–H and O–H groups in total. The molecule has 1 aromatic heterocycles. The van der Waals surface area contributed by atoms with Gasteiger partial charge in [0, 0.05) is 20.1 Å². The van der Waals surface area contributed by atoms with Crippen molar-refractivity contribution >= 4 is 51.7 Å². The Morgan fingerprint density at radius 3 is 2.84 bits per heavy atom. The van der Waals surface area contributed by atoms with Crippen LogP contribution < -0.4 is 14.9 Å². The number of amides is 1. The van der Waals surface area contributed by atoms with Gasteiger partial charge in [0.2, 0.25) is 4.80 Å². The van der Waals surface area contributed by atoms with Gasteiger partial charge in [-0.2, -0.15) is 5.10 Å². The van der Waals surface area contributed by atoms with E-state index in [9.17, 15) is 4.79 Å². The Bertz CT molecular complexity index is 1240. The summed E-state index contributed by atoms with van der Waals surface area (Å²) in [7, 11) is 0. The van der Waals surface area contributed by atoms with Gasteiger partial charge >= 0.3 is 0 Å². The summed E-state index contributed by atoms with van der Waals surface area (Å²) in [5.41, 5.74) is 3.64. The first-order valence-corrected chi connectivity index (χ1v) is 12.7. The smallest absolute Gasteiger partial charge is 0.262 e. The molecule has 164 valence electrons. The van der Waals surface area contributed by atoms with Gasteiger partial charge < -0.3 is 10.1 Å². The third kappa shape index (κ3) is 4.66. The topological polar surface area (TPSA) is 68.0 Å². The van der Waals surface area contributed by atoms with E-state index >= 15 is 0 Å². The van der Waals surface area contributed by atoms with Crippen LogP contribution in [0.4, 0.5) is 5.69 Å². The van der Waals surface area contributed by atoms with Gasteiger partial charge in [-0.15, -0.1) is 11.3 Å². The lowest BCUT2D eigenvalue weighted by Crippen LogP contribution is -2.25. The average molecular weight is 558 g/mol. The van der Waals surface area contributed by atoms with Crippen LogP contribution in [0, 0.1) is 3.57 Å². The van der Waals surface area contributed by atoms with Crippen molar-refractivity contribution in [1.29, 1.82) is 0 Å². The molecule has 0 saturated heterocycles. The number of nitrogens with one attached hydrogen (secondary N) is 1. The van der Waals surface area contributed by atoms with Gasteiger partial charge in [0.1, 0.15) is 5.75 Å². The second-order valence-corrected chi connectivity index (χ2v) is 9.95. The number of hydrogen-bond acceptors (Lipinski definition) is 5. The van der Waals surface area contributed by atoms with Crippen molar-refractivity contribution in [3.8, 4) is 17.0 Å². The van der Waals surface area contributed by atoms with Crippen LogP contribution in [-0.2, 0) is 4.79 Å². The van der Waals surface area contributed by atoms with Crippen molar-refractivity contribution in [2.45, 2.75) is 38.1 Å². The number of nitrogens with zero attached hydrogens (tertiary/aromatic N) is 3. The summed E-state index contributed by atoms with van der Waals surface area (Å²) in [6, 6.07) is 14.4. The van der Waals surface area contributed by atoms with Gasteiger partial charge in [0.05, 0.1) is 23.6 Å². The van der Waals surface area contributed by atoms with Crippen molar-refractivity contribution in [2.75, 3.05) is 11.9 Å². The highest BCUT2D eigenvalue weighted by Crippen LogP contribution is 2.33. The molecule has 6 nitrogen and oxygen atoms in total. The lowest BCUT2D eigenvalue weighted by atomic mass is 9.96. The number of fused-ring (bicyclic) bond motifs is 1. The van der Waals surface area contributed by atoms with Gasteiger partial charge in [-0.05, 0) is 59.7 Å². The molecule has 0 atom stereocenters. The molecule has 2 heterocycles. The Morgan fingerprint density at radius 2 is 2.00 bits per heavy atom. The summed E-state index contributed by atoms with van der Waals surface area (Å²) in [5, 5.41) is 9.83. The van der Waals surface area contributed by atoms with Gasteiger partial charge in [0.25, 0.3) is 5.91 Å². The molecule has 8 heteroatoms. The zero-order chi connectivity index (χ0) is 21.9. The minimum Gasteiger partial charge on any atom is -0.482 e. The van der Waals surface area contributed by atoms with E-state index < -0.39 is 0 Å². The van der Waals surface area contributed by atoms with E-state index in [-0.39, 0.29) is 12.5 Å². The maximum atomic E-state index is 11.8. The number of halogens is 1. The van der Waals surface area contributed by atoms with Crippen LogP contribution >= 0.6 is 33.9 Å². The highest BCUT2D eigenvalue weighted by atomic mass is 127. The predicted molar refractivity (Wildman–Crippen MR) is 136 cm³/mol. The summed E-state index contributed by atoms with van der Waals surface area (Å²) in [6.45, 7) is 0.0508. The van der Waals surface area contributed by atoms with Crippen LogP contribution in [0.15, 0.2) is 57.9 Å². The zero-order valence-electron chi connectivity index (χ0n) is 17.5. The predicted octanol–water partition coefficient (Wildman–Crippen LogP) is 5.27. The average Bonchev–Trinajstić information content (AvgIpc) is 3.21. The molecule has 1 aliphatic heterocycles. The molecule has 32 heavy (non-hydrogen) atoms. The van der Waals surface area contributed by atoms with Crippen molar-refractivity contribution in [1.82, 2.24) is 4.68 Å². The molecule has 3 aromatic rings. The minimum atomic E-state index is -0.141. The molecule has 0 unspecified atom stereocenters. The van der Waals surface area contributed by atoms with Gasteiger partial charge in [-0.25, -0.2) is 4.68 Å². The highest BCUT2D eigenvalue weighted by molar-refractivity contribution is 14.1. The van der Waals surface area contributed by atoms with E-state index in [4.69, 9.17) is 14.8 Å². The van der Waals surface area contributed by atoms with E-state index in [1.807, 2.05) is 41.2 Å². The normalized spacial score (nSPS) is 17.3. The summed E-state index contributed by atoms with van der Waals surface area (Å²) in [5.74, 6) is 0.544. The molecule has 1 aliphatic carbocycles. The Balaban J connectivity index is 1.58. The second-order valence-electron chi connectivity index (χ2n) is 7.95.